The second kappa shape index (κ2) is 16.6. The second-order valence-electron chi connectivity index (χ2n) is 0.642. The van der Waals surface area contributed by atoms with Gasteiger partial charge in [-0.15, -0.1) is 0 Å². The summed E-state index contributed by atoms with van der Waals surface area (Å²) in [7, 11) is 0. The third-order valence-corrected chi connectivity index (χ3v) is 0.204. The van der Waals surface area contributed by atoms with Crippen molar-refractivity contribution in [3.05, 3.63) is 6.92 Å². The molecule has 3 heteroatoms. The standard InChI is InChI=1S/C3H8N.BrH.Zn/c1-2-3-4;;/h1-4H2;1H;/q-1;;+2/p-1. The van der Waals surface area contributed by atoms with Gasteiger partial charge in [0, 0.05) is 0 Å². The van der Waals surface area contributed by atoms with Crippen molar-refractivity contribution in [3.8, 4) is 0 Å². The molecule has 0 aromatic carbocycles. The van der Waals surface area contributed by atoms with Gasteiger partial charge in [0.15, 0.2) is 0 Å². The van der Waals surface area contributed by atoms with Crippen LogP contribution in [0.25, 0.3) is 0 Å². The van der Waals surface area contributed by atoms with Crippen LogP contribution in [0.2, 0.25) is 0 Å². The molecule has 34 valence electrons. The molecular weight excluding hydrogens is 195 g/mol. The fraction of sp³-hybridized carbons (Fsp3) is 0.667. The van der Waals surface area contributed by atoms with E-state index >= 15 is 0 Å². The minimum atomic E-state index is 0.708. The molecule has 0 radical (unpaired) electrons. The second-order valence-corrected chi connectivity index (χ2v) is 0.642. The quantitative estimate of drug-likeness (QED) is 0.500. The van der Waals surface area contributed by atoms with Crippen molar-refractivity contribution in [1.82, 2.24) is 0 Å². The van der Waals surface area contributed by atoms with Crippen LogP contribution in [0, 0.1) is 6.92 Å². The Kier molecular flexibility index (Phi) is 28.0. The van der Waals surface area contributed by atoms with E-state index in [-0.39, 0.29) is 0 Å². The van der Waals surface area contributed by atoms with Crippen molar-refractivity contribution >= 4 is 13.6 Å². The predicted molar refractivity (Wildman–Crippen MR) is 28.0 cm³/mol. The molecule has 0 aromatic rings. The van der Waals surface area contributed by atoms with Crippen molar-refractivity contribution in [2.45, 2.75) is 6.42 Å². The zero-order valence-corrected chi connectivity index (χ0v) is 8.34. The van der Waals surface area contributed by atoms with Crippen LogP contribution in [0.1, 0.15) is 6.42 Å². The topological polar surface area (TPSA) is 26.0 Å². The molecule has 6 heavy (non-hydrogen) atoms. The van der Waals surface area contributed by atoms with E-state index in [0.29, 0.717) is 6.54 Å². The van der Waals surface area contributed by atoms with Gasteiger partial charge in [0.25, 0.3) is 0 Å². The number of rotatable bonds is 1. The zero-order valence-electron chi connectivity index (χ0n) is 3.78. The normalized spacial score (nSPS) is 6.17. The van der Waals surface area contributed by atoms with Crippen molar-refractivity contribution in [2.24, 2.45) is 5.73 Å². The molecule has 0 amide bonds. The third kappa shape index (κ3) is 19.6. The molecule has 1 nitrogen and oxygen atoms in total. The van der Waals surface area contributed by atoms with Gasteiger partial charge in [0.2, 0.25) is 0 Å². The van der Waals surface area contributed by atoms with Gasteiger partial charge in [0.1, 0.15) is 0 Å². The maximum absolute atomic E-state index is 4.97. The van der Waals surface area contributed by atoms with E-state index in [1.54, 1.807) is 0 Å². The van der Waals surface area contributed by atoms with Gasteiger partial charge in [0.05, 0.1) is 0 Å². The Morgan fingerprint density at radius 3 is 1.83 bits per heavy atom. The Balaban J connectivity index is 0. The summed E-state index contributed by atoms with van der Waals surface area (Å²) in [5.74, 6) is 0. The Morgan fingerprint density at radius 2 is 1.83 bits per heavy atom. The summed E-state index contributed by atoms with van der Waals surface area (Å²) in [5, 5.41) is 0. The molecule has 0 saturated carbocycles. The molecule has 0 bridgehead atoms. The van der Waals surface area contributed by atoms with Crippen molar-refractivity contribution in [2.75, 3.05) is 6.54 Å². The molecule has 0 atom stereocenters. The van der Waals surface area contributed by atoms with Crippen LogP contribution in [0.15, 0.2) is 0 Å². The van der Waals surface area contributed by atoms with Gasteiger partial charge in [-0.2, -0.15) is 6.42 Å². The van der Waals surface area contributed by atoms with Gasteiger partial charge in [-0.05, 0) is 6.54 Å². The van der Waals surface area contributed by atoms with E-state index in [1.165, 1.54) is 16.3 Å². The van der Waals surface area contributed by atoms with E-state index in [9.17, 15) is 0 Å². The van der Waals surface area contributed by atoms with Crippen molar-refractivity contribution in [1.29, 1.82) is 0 Å². The molecule has 2 N–H and O–H groups in total. The van der Waals surface area contributed by atoms with Crippen LogP contribution in [0.3, 0.4) is 0 Å². The Hall–Kier alpha value is 1.06. The first-order valence-electron chi connectivity index (χ1n) is 1.68. The minimum absolute atomic E-state index is 0.708. The first kappa shape index (κ1) is 10.1. The number of hydrogen-bond acceptors (Lipinski definition) is 1. The Bertz CT molecular complexity index is 12.8. The summed E-state index contributed by atoms with van der Waals surface area (Å²) in [6.07, 6.45) is 0.847. The third-order valence-electron chi connectivity index (χ3n) is 0.204. The molecule has 0 fully saturated rings. The van der Waals surface area contributed by atoms with Gasteiger partial charge in [-0.1, -0.05) is 0 Å². The van der Waals surface area contributed by atoms with Gasteiger partial charge < -0.3 is 12.7 Å². The number of hydrogen-bond donors (Lipinski definition) is 1. The predicted octanol–water partition coefficient (Wildman–Crippen LogP) is 1.01. The number of nitrogens with two attached hydrogens (primary N) is 1. The fourth-order valence-electron chi connectivity index (χ4n) is 0. The monoisotopic (exact) mass is 201 g/mol. The van der Waals surface area contributed by atoms with E-state index in [4.69, 9.17) is 5.73 Å². The van der Waals surface area contributed by atoms with Crippen LogP contribution >= 0.6 is 13.6 Å². The van der Waals surface area contributed by atoms with E-state index in [1.807, 2.05) is 0 Å². The van der Waals surface area contributed by atoms with Gasteiger partial charge in [-0.3, -0.25) is 0 Å². The molecule has 0 rings (SSSR count). The number of halogens is 1. The molecule has 0 saturated heterocycles. The van der Waals surface area contributed by atoms with Crippen LogP contribution in [0.4, 0.5) is 0 Å². The molecule has 0 heterocycles. The van der Waals surface area contributed by atoms with Crippen molar-refractivity contribution < 1.29 is 16.3 Å². The molecule has 0 unspecified atom stereocenters. The fourth-order valence-corrected chi connectivity index (χ4v) is 0. The first-order valence-corrected chi connectivity index (χ1v) is 8.62. The summed E-state index contributed by atoms with van der Waals surface area (Å²) in [5.41, 5.74) is 4.97. The SMILES string of the molecule is [CH2-]CCN.[Zn+][Br]. The molecular formula is C3H8BrNZn. The van der Waals surface area contributed by atoms with Crippen LogP contribution in [-0.4, -0.2) is 6.54 Å². The van der Waals surface area contributed by atoms with Crippen LogP contribution in [0.5, 0.6) is 0 Å². The Morgan fingerprint density at radius 1 is 1.67 bits per heavy atom. The van der Waals surface area contributed by atoms with Gasteiger partial charge in [-0.25, -0.2) is 0 Å². The summed E-state index contributed by atoms with van der Waals surface area (Å²) < 4.78 is 0. The first-order chi connectivity index (χ1) is 2.91. The van der Waals surface area contributed by atoms with Crippen molar-refractivity contribution in [3.63, 3.8) is 0 Å². The molecule has 0 aliphatic rings. The Labute approximate surface area is 55.7 Å². The van der Waals surface area contributed by atoms with Crippen LogP contribution in [-0.2, 0) is 16.3 Å². The molecule has 0 aliphatic carbocycles. The van der Waals surface area contributed by atoms with E-state index in [0.717, 1.165) is 6.42 Å². The van der Waals surface area contributed by atoms with E-state index in [2.05, 4.69) is 20.5 Å². The summed E-state index contributed by atoms with van der Waals surface area (Å²) in [4.78, 5) is 0. The average Bonchev–Trinajstić information content (AvgIpc) is 1.72. The summed E-state index contributed by atoms with van der Waals surface area (Å²) in [6, 6.07) is 0. The van der Waals surface area contributed by atoms with Crippen LogP contribution < -0.4 is 5.73 Å². The summed E-state index contributed by atoms with van der Waals surface area (Å²) >= 11 is 4.25. The summed E-state index contributed by atoms with van der Waals surface area (Å²) in [6.45, 7) is 4.19. The average molecular weight is 203 g/mol. The zero-order chi connectivity index (χ0) is 5.41. The maximum atomic E-state index is 4.97. The molecule has 0 spiro atoms. The molecule has 0 aromatic heterocycles. The molecule has 0 aliphatic heterocycles. The van der Waals surface area contributed by atoms with E-state index < -0.39 is 0 Å². The van der Waals surface area contributed by atoms with Gasteiger partial charge >= 0.3 is 30.0 Å².